The van der Waals surface area contributed by atoms with Crippen LogP contribution in [0, 0.1) is 5.41 Å². The molecule has 2 nitrogen and oxygen atoms in total. The van der Waals surface area contributed by atoms with E-state index < -0.39 is 5.60 Å². The van der Waals surface area contributed by atoms with Crippen LogP contribution in [-0.2, 0) is 0 Å². The average Bonchev–Trinajstić information content (AvgIpc) is 2.14. The van der Waals surface area contributed by atoms with Crippen molar-refractivity contribution in [3.05, 3.63) is 0 Å². The number of hydrogen-bond acceptors (Lipinski definition) is 2. The zero-order chi connectivity index (χ0) is 11.5. The first-order chi connectivity index (χ1) is 6.85. The summed E-state index contributed by atoms with van der Waals surface area (Å²) < 4.78 is 0. The van der Waals surface area contributed by atoms with Crippen LogP contribution < -0.4 is 5.32 Å². The van der Waals surface area contributed by atoms with Crippen LogP contribution in [0.5, 0.6) is 0 Å². The Bertz CT molecular complexity index is 199. The van der Waals surface area contributed by atoms with E-state index in [2.05, 4.69) is 19.2 Å². The van der Waals surface area contributed by atoms with Crippen molar-refractivity contribution < 1.29 is 5.11 Å². The Balaban J connectivity index is 2.33. The van der Waals surface area contributed by atoms with Crippen LogP contribution >= 0.6 is 0 Å². The van der Waals surface area contributed by atoms with E-state index in [4.69, 9.17) is 0 Å². The zero-order valence-corrected chi connectivity index (χ0v) is 10.8. The van der Waals surface area contributed by atoms with E-state index in [1.807, 2.05) is 13.8 Å². The first-order valence-corrected chi connectivity index (χ1v) is 6.30. The van der Waals surface area contributed by atoms with Crippen LogP contribution in [0.25, 0.3) is 0 Å². The van der Waals surface area contributed by atoms with Gasteiger partial charge in [-0.05, 0) is 38.0 Å². The second kappa shape index (κ2) is 4.84. The van der Waals surface area contributed by atoms with Gasteiger partial charge < -0.3 is 10.4 Å². The first-order valence-electron chi connectivity index (χ1n) is 6.30. The van der Waals surface area contributed by atoms with Crippen molar-refractivity contribution in [1.82, 2.24) is 5.32 Å². The van der Waals surface area contributed by atoms with E-state index in [9.17, 15) is 5.11 Å². The number of rotatable bonds is 4. The molecule has 1 aliphatic carbocycles. The maximum absolute atomic E-state index is 9.92. The number of hydrogen-bond donors (Lipinski definition) is 2. The van der Waals surface area contributed by atoms with E-state index in [0.29, 0.717) is 11.5 Å². The van der Waals surface area contributed by atoms with Crippen molar-refractivity contribution in [2.75, 3.05) is 6.54 Å². The van der Waals surface area contributed by atoms with Gasteiger partial charge in [0.15, 0.2) is 0 Å². The smallest absolute Gasteiger partial charge is 0.0741 e. The molecule has 0 aromatic heterocycles. The van der Waals surface area contributed by atoms with Gasteiger partial charge in [0.05, 0.1) is 5.60 Å². The lowest BCUT2D eigenvalue weighted by atomic mass is 9.75. The lowest BCUT2D eigenvalue weighted by molar-refractivity contribution is 0.0479. The third-order valence-electron chi connectivity index (χ3n) is 3.74. The van der Waals surface area contributed by atoms with Crippen LogP contribution in [0.3, 0.4) is 0 Å². The van der Waals surface area contributed by atoms with Crippen LogP contribution in [0.2, 0.25) is 0 Å². The molecule has 0 saturated heterocycles. The van der Waals surface area contributed by atoms with Gasteiger partial charge in [0.1, 0.15) is 0 Å². The fourth-order valence-corrected chi connectivity index (χ4v) is 2.36. The van der Waals surface area contributed by atoms with Gasteiger partial charge in [-0.15, -0.1) is 0 Å². The molecule has 15 heavy (non-hydrogen) atoms. The molecule has 1 saturated carbocycles. The molecule has 1 fully saturated rings. The third-order valence-corrected chi connectivity index (χ3v) is 3.74. The van der Waals surface area contributed by atoms with Gasteiger partial charge in [-0.3, -0.25) is 0 Å². The molecule has 2 atom stereocenters. The quantitative estimate of drug-likeness (QED) is 0.752. The zero-order valence-electron chi connectivity index (χ0n) is 10.8. The molecule has 0 amide bonds. The third kappa shape index (κ3) is 4.52. The highest BCUT2D eigenvalue weighted by Crippen LogP contribution is 2.35. The molecule has 2 heteroatoms. The predicted molar refractivity (Wildman–Crippen MR) is 65.0 cm³/mol. The summed E-state index contributed by atoms with van der Waals surface area (Å²) in [5.41, 5.74) is -0.0599. The van der Waals surface area contributed by atoms with E-state index in [1.165, 1.54) is 25.7 Å². The van der Waals surface area contributed by atoms with Crippen molar-refractivity contribution >= 4 is 0 Å². The summed E-state index contributed by atoms with van der Waals surface area (Å²) in [6.07, 6.45) is 5.99. The van der Waals surface area contributed by atoms with Crippen LogP contribution in [0.4, 0.5) is 0 Å². The Morgan fingerprint density at radius 1 is 1.47 bits per heavy atom. The second-order valence-electron chi connectivity index (χ2n) is 6.19. The van der Waals surface area contributed by atoms with Gasteiger partial charge in [0, 0.05) is 12.6 Å². The highest BCUT2D eigenvalue weighted by Gasteiger charge is 2.28. The summed E-state index contributed by atoms with van der Waals surface area (Å²) in [7, 11) is 0. The van der Waals surface area contributed by atoms with Gasteiger partial charge in [-0.25, -0.2) is 0 Å². The predicted octanol–water partition coefficient (Wildman–Crippen LogP) is 2.71. The summed E-state index contributed by atoms with van der Waals surface area (Å²) in [5.74, 6) is 0. The molecule has 0 heterocycles. The van der Waals surface area contributed by atoms with E-state index in [0.717, 1.165) is 13.0 Å². The van der Waals surface area contributed by atoms with Crippen LogP contribution in [-0.4, -0.2) is 23.3 Å². The fourth-order valence-electron chi connectivity index (χ4n) is 2.36. The fraction of sp³-hybridized carbons (Fsp3) is 1.00. The Morgan fingerprint density at radius 3 is 2.67 bits per heavy atom. The summed E-state index contributed by atoms with van der Waals surface area (Å²) in [4.78, 5) is 0. The van der Waals surface area contributed by atoms with Crippen molar-refractivity contribution in [2.24, 2.45) is 5.41 Å². The molecular weight excluding hydrogens is 186 g/mol. The Kier molecular flexibility index (Phi) is 4.19. The molecule has 1 rings (SSSR count). The molecule has 90 valence electrons. The van der Waals surface area contributed by atoms with E-state index in [-0.39, 0.29) is 0 Å². The normalized spacial score (nSPS) is 29.8. The van der Waals surface area contributed by atoms with E-state index >= 15 is 0 Å². The number of aliphatic hydroxyl groups is 1. The van der Waals surface area contributed by atoms with Gasteiger partial charge >= 0.3 is 0 Å². The van der Waals surface area contributed by atoms with Crippen molar-refractivity contribution in [3.8, 4) is 0 Å². The molecule has 0 bridgehead atoms. The molecule has 2 unspecified atom stereocenters. The van der Waals surface area contributed by atoms with Crippen LogP contribution in [0.15, 0.2) is 0 Å². The highest BCUT2D eigenvalue weighted by atomic mass is 16.3. The van der Waals surface area contributed by atoms with Crippen molar-refractivity contribution in [3.63, 3.8) is 0 Å². The van der Waals surface area contributed by atoms with Crippen molar-refractivity contribution in [2.45, 2.75) is 71.4 Å². The standard InChI is InChI=1S/C13H27NO/c1-5-13(4,15)10-14-11-7-6-8-12(2,3)9-11/h11,14-15H,5-10H2,1-4H3. The molecule has 0 aromatic rings. The minimum atomic E-state index is -0.540. The Hall–Kier alpha value is -0.0800. The summed E-state index contributed by atoms with van der Waals surface area (Å²) in [5, 5.41) is 13.4. The molecule has 0 spiro atoms. The average molecular weight is 213 g/mol. The number of nitrogens with one attached hydrogen (secondary N) is 1. The summed E-state index contributed by atoms with van der Waals surface area (Å²) in [6.45, 7) is 9.36. The Labute approximate surface area is 94.5 Å². The topological polar surface area (TPSA) is 32.3 Å². The molecule has 1 aliphatic rings. The van der Waals surface area contributed by atoms with Gasteiger partial charge in [-0.2, -0.15) is 0 Å². The Morgan fingerprint density at radius 2 is 2.13 bits per heavy atom. The van der Waals surface area contributed by atoms with Gasteiger partial charge in [-0.1, -0.05) is 27.2 Å². The monoisotopic (exact) mass is 213 g/mol. The first kappa shape index (κ1) is 13.0. The van der Waals surface area contributed by atoms with E-state index in [1.54, 1.807) is 0 Å². The molecule has 0 aromatic carbocycles. The molecule has 2 N–H and O–H groups in total. The highest BCUT2D eigenvalue weighted by molar-refractivity contribution is 4.85. The molecule has 0 aliphatic heterocycles. The minimum Gasteiger partial charge on any atom is -0.389 e. The second-order valence-corrected chi connectivity index (χ2v) is 6.19. The lowest BCUT2D eigenvalue weighted by Crippen LogP contribution is -2.45. The summed E-state index contributed by atoms with van der Waals surface area (Å²) >= 11 is 0. The van der Waals surface area contributed by atoms with Gasteiger partial charge in [0.25, 0.3) is 0 Å². The lowest BCUT2D eigenvalue weighted by Gasteiger charge is -2.37. The van der Waals surface area contributed by atoms with Crippen molar-refractivity contribution in [1.29, 1.82) is 0 Å². The SMILES string of the molecule is CCC(C)(O)CNC1CCCC(C)(C)C1. The largest absolute Gasteiger partial charge is 0.389 e. The summed E-state index contributed by atoms with van der Waals surface area (Å²) in [6, 6.07) is 0.603. The minimum absolute atomic E-state index is 0.480. The molecule has 0 radical (unpaired) electrons. The van der Waals surface area contributed by atoms with Crippen LogP contribution in [0.1, 0.15) is 59.8 Å². The maximum atomic E-state index is 9.92. The maximum Gasteiger partial charge on any atom is 0.0741 e. The molecular formula is C13H27NO. The van der Waals surface area contributed by atoms with Gasteiger partial charge in [0.2, 0.25) is 0 Å².